The molecule has 0 saturated heterocycles. The highest BCUT2D eigenvalue weighted by atomic mass is 16.2. The maximum Gasteiger partial charge on any atom is 0.316 e. The van der Waals surface area contributed by atoms with E-state index in [4.69, 9.17) is 5.73 Å². The fourth-order valence-corrected chi connectivity index (χ4v) is 3.29. The molecule has 3 heteroatoms. The summed E-state index contributed by atoms with van der Waals surface area (Å²) in [5.74, 6) is 0. The molecule has 0 aromatic heterocycles. The summed E-state index contributed by atoms with van der Waals surface area (Å²) in [5, 5.41) is 2.63. The highest BCUT2D eigenvalue weighted by molar-refractivity contribution is 5.87. The first kappa shape index (κ1) is 21.5. The largest absolute Gasteiger partial charge is 0.351 e. The van der Waals surface area contributed by atoms with Crippen LogP contribution in [0, 0.1) is 0 Å². The molecule has 0 fully saturated rings. The molecule has 0 spiro atoms. The first-order valence-electron chi connectivity index (χ1n) is 10.4. The Morgan fingerprint density at radius 2 is 1.36 bits per heavy atom. The van der Waals surface area contributed by atoms with Crippen molar-refractivity contribution in [1.29, 1.82) is 0 Å². The molecule has 0 saturated carbocycles. The Hall–Kier alpha value is -1.51. The topological polar surface area (TPSA) is 55.1 Å². The lowest BCUT2D eigenvalue weighted by atomic mass is 10.0. The lowest BCUT2D eigenvalue weighted by Crippen LogP contribution is -2.19. The third-order valence-electron chi connectivity index (χ3n) is 4.76. The molecule has 1 rings (SSSR count). The highest BCUT2D eigenvalue weighted by Crippen LogP contribution is 2.15. The van der Waals surface area contributed by atoms with E-state index in [0.29, 0.717) is 0 Å². The number of carbonyl (C=O) groups is 1. The average Bonchev–Trinajstić information content (AvgIpc) is 2.59. The Morgan fingerprint density at radius 3 is 1.88 bits per heavy atom. The second-order valence-electron chi connectivity index (χ2n) is 7.18. The van der Waals surface area contributed by atoms with E-state index >= 15 is 0 Å². The molecular formula is C22H38N2O. The van der Waals surface area contributed by atoms with Crippen LogP contribution in [-0.2, 0) is 6.42 Å². The summed E-state index contributed by atoms with van der Waals surface area (Å²) in [7, 11) is 0. The van der Waals surface area contributed by atoms with E-state index in [0.717, 1.165) is 12.1 Å². The lowest BCUT2D eigenvalue weighted by Gasteiger charge is -2.06. The molecule has 2 amide bonds. The number of hydrogen-bond acceptors (Lipinski definition) is 1. The van der Waals surface area contributed by atoms with Crippen LogP contribution in [0.2, 0.25) is 0 Å². The average molecular weight is 347 g/mol. The minimum absolute atomic E-state index is 0.502. The molecule has 0 unspecified atom stereocenters. The quantitative estimate of drug-likeness (QED) is 0.337. The van der Waals surface area contributed by atoms with Crippen LogP contribution >= 0.6 is 0 Å². The van der Waals surface area contributed by atoms with Crippen molar-refractivity contribution in [2.45, 2.75) is 96.8 Å². The SMILES string of the molecule is CCCCCCCCCCCCCCCc1cccc(NC(N)=O)c1. The van der Waals surface area contributed by atoms with Gasteiger partial charge < -0.3 is 11.1 Å². The first-order valence-corrected chi connectivity index (χ1v) is 10.4. The maximum atomic E-state index is 10.9. The van der Waals surface area contributed by atoms with Gasteiger partial charge >= 0.3 is 6.03 Å². The molecule has 0 aliphatic heterocycles. The van der Waals surface area contributed by atoms with Gasteiger partial charge in [0.1, 0.15) is 0 Å². The number of unbranched alkanes of at least 4 members (excludes halogenated alkanes) is 12. The summed E-state index contributed by atoms with van der Waals surface area (Å²) in [6.45, 7) is 2.28. The van der Waals surface area contributed by atoms with Crippen LogP contribution in [0.15, 0.2) is 24.3 Å². The van der Waals surface area contributed by atoms with E-state index in [9.17, 15) is 4.79 Å². The Morgan fingerprint density at radius 1 is 0.840 bits per heavy atom. The summed E-state index contributed by atoms with van der Waals surface area (Å²) in [5.41, 5.74) is 7.21. The third kappa shape index (κ3) is 12.5. The monoisotopic (exact) mass is 346 g/mol. The molecule has 0 radical (unpaired) electrons. The van der Waals surface area contributed by atoms with Crippen molar-refractivity contribution in [3.63, 3.8) is 0 Å². The van der Waals surface area contributed by atoms with Gasteiger partial charge in [0.15, 0.2) is 0 Å². The predicted octanol–water partition coefficient (Wildman–Crippen LogP) is 6.81. The standard InChI is InChI=1S/C22H38N2O/c1-2-3-4-5-6-7-8-9-10-11-12-13-14-16-20-17-15-18-21(19-20)24-22(23)25/h15,17-19H,2-14,16H2,1H3,(H3,23,24,25). The van der Waals surface area contributed by atoms with Crippen LogP contribution in [0.4, 0.5) is 10.5 Å². The minimum Gasteiger partial charge on any atom is -0.351 e. The van der Waals surface area contributed by atoms with Gasteiger partial charge in [-0.15, -0.1) is 0 Å². The van der Waals surface area contributed by atoms with Crippen LogP contribution in [0.5, 0.6) is 0 Å². The van der Waals surface area contributed by atoms with Gasteiger partial charge in [-0.2, -0.15) is 0 Å². The normalized spacial score (nSPS) is 10.8. The Kier molecular flexibility index (Phi) is 12.7. The smallest absolute Gasteiger partial charge is 0.316 e. The first-order chi connectivity index (χ1) is 12.2. The number of carbonyl (C=O) groups excluding carboxylic acids is 1. The van der Waals surface area contributed by atoms with Gasteiger partial charge in [0, 0.05) is 5.69 Å². The fraction of sp³-hybridized carbons (Fsp3) is 0.682. The summed E-state index contributed by atoms with van der Waals surface area (Å²) >= 11 is 0. The van der Waals surface area contributed by atoms with Gasteiger partial charge in [-0.05, 0) is 30.5 Å². The number of hydrogen-bond donors (Lipinski definition) is 2. The van der Waals surface area contributed by atoms with Crippen LogP contribution < -0.4 is 11.1 Å². The van der Waals surface area contributed by atoms with Crippen LogP contribution in [-0.4, -0.2) is 6.03 Å². The zero-order chi connectivity index (χ0) is 18.2. The van der Waals surface area contributed by atoms with Crippen molar-refractivity contribution >= 4 is 11.7 Å². The number of nitrogens with two attached hydrogens (primary N) is 1. The number of urea groups is 1. The van der Waals surface area contributed by atoms with Crippen LogP contribution in [0.25, 0.3) is 0 Å². The van der Waals surface area contributed by atoms with E-state index in [1.807, 2.05) is 18.2 Å². The lowest BCUT2D eigenvalue weighted by molar-refractivity contribution is 0.259. The van der Waals surface area contributed by atoms with Crippen molar-refractivity contribution < 1.29 is 4.79 Å². The molecule has 0 atom stereocenters. The Bertz CT molecular complexity index is 459. The third-order valence-corrected chi connectivity index (χ3v) is 4.76. The Balaban J connectivity index is 1.93. The summed E-state index contributed by atoms with van der Waals surface area (Å²) in [6.07, 6.45) is 19.0. The van der Waals surface area contributed by atoms with Gasteiger partial charge in [0.05, 0.1) is 0 Å². The van der Waals surface area contributed by atoms with Crippen molar-refractivity contribution in [1.82, 2.24) is 0 Å². The molecule has 142 valence electrons. The molecule has 1 aromatic rings. The zero-order valence-electron chi connectivity index (χ0n) is 16.2. The molecule has 0 aliphatic rings. The molecule has 3 N–H and O–H groups in total. The maximum absolute atomic E-state index is 10.9. The Labute approximate surface area is 154 Å². The van der Waals surface area contributed by atoms with Gasteiger partial charge in [0.2, 0.25) is 0 Å². The minimum atomic E-state index is -0.502. The van der Waals surface area contributed by atoms with Crippen molar-refractivity contribution in [3.05, 3.63) is 29.8 Å². The second-order valence-corrected chi connectivity index (χ2v) is 7.18. The molecule has 0 heterocycles. The number of aryl methyl sites for hydroxylation is 1. The van der Waals surface area contributed by atoms with Crippen molar-refractivity contribution in [2.24, 2.45) is 5.73 Å². The molecule has 1 aromatic carbocycles. The molecular weight excluding hydrogens is 308 g/mol. The second kappa shape index (κ2) is 14.8. The van der Waals surface area contributed by atoms with Crippen LogP contribution in [0.1, 0.15) is 96.0 Å². The molecule has 25 heavy (non-hydrogen) atoms. The van der Waals surface area contributed by atoms with E-state index in [2.05, 4.69) is 18.3 Å². The predicted molar refractivity (Wildman–Crippen MR) is 109 cm³/mol. The van der Waals surface area contributed by atoms with Crippen LogP contribution in [0.3, 0.4) is 0 Å². The van der Waals surface area contributed by atoms with E-state index in [-0.39, 0.29) is 0 Å². The molecule has 0 aliphatic carbocycles. The summed E-state index contributed by atoms with van der Waals surface area (Å²) in [4.78, 5) is 10.9. The van der Waals surface area contributed by atoms with Gasteiger partial charge in [-0.3, -0.25) is 0 Å². The zero-order valence-corrected chi connectivity index (χ0v) is 16.2. The number of benzene rings is 1. The summed E-state index contributed by atoms with van der Waals surface area (Å²) in [6, 6.07) is 7.48. The number of primary amides is 1. The fourth-order valence-electron chi connectivity index (χ4n) is 3.29. The van der Waals surface area contributed by atoms with Crippen molar-refractivity contribution in [3.8, 4) is 0 Å². The number of anilines is 1. The molecule has 0 bridgehead atoms. The number of amides is 2. The number of nitrogens with one attached hydrogen (secondary N) is 1. The number of rotatable bonds is 15. The highest BCUT2D eigenvalue weighted by Gasteiger charge is 1.99. The van der Waals surface area contributed by atoms with E-state index in [1.165, 1.54) is 89.0 Å². The molecule has 3 nitrogen and oxygen atoms in total. The van der Waals surface area contributed by atoms with Crippen molar-refractivity contribution in [2.75, 3.05) is 5.32 Å². The van der Waals surface area contributed by atoms with Gasteiger partial charge in [-0.1, -0.05) is 96.1 Å². The van der Waals surface area contributed by atoms with Gasteiger partial charge in [-0.25, -0.2) is 4.79 Å². The van der Waals surface area contributed by atoms with Gasteiger partial charge in [0.25, 0.3) is 0 Å². The van der Waals surface area contributed by atoms with E-state index < -0.39 is 6.03 Å². The van der Waals surface area contributed by atoms with E-state index in [1.54, 1.807) is 0 Å². The summed E-state index contributed by atoms with van der Waals surface area (Å²) < 4.78 is 0.